The van der Waals surface area contributed by atoms with Gasteiger partial charge in [-0.25, -0.2) is 4.39 Å². The van der Waals surface area contributed by atoms with Crippen molar-refractivity contribution in [2.75, 3.05) is 11.9 Å². The van der Waals surface area contributed by atoms with E-state index in [4.69, 9.17) is 23.2 Å². The lowest BCUT2D eigenvalue weighted by Gasteiger charge is -2.08. The average Bonchev–Trinajstić information content (AvgIpc) is 2.40. The van der Waals surface area contributed by atoms with Crippen LogP contribution < -0.4 is 5.32 Å². The third kappa shape index (κ3) is 4.31. The molecule has 0 saturated carbocycles. The highest BCUT2D eigenvalue weighted by Gasteiger charge is 2.09. The zero-order chi connectivity index (χ0) is 15.4. The summed E-state index contributed by atoms with van der Waals surface area (Å²) >= 11 is 11.8. The Balaban J connectivity index is 2.01. The summed E-state index contributed by atoms with van der Waals surface area (Å²) in [4.78, 5) is 10.0. The Kier molecular flexibility index (Phi) is 4.98. The molecule has 0 amide bonds. The minimum Gasteiger partial charge on any atom is -0.384 e. The van der Waals surface area contributed by atoms with Gasteiger partial charge < -0.3 is 5.32 Å². The van der Waals surface area contributed by atoms with Crippen molar-refractivity contribution in [2.24, 2.45) is 0 Å². The van der Waals surface area contributed by atoms with E-state index in [0.29, 0.717) is 28.7 Å². The molecule has 0 atom stereocenters. The van der Waals surface area contributed by atoms with Crippen molar-refractivity contribution in [3.63, 3.8) is 0 Å². The maximum Gasteiger partial charge on any atom is 0.274 e. The first-order chi connectivity index (χ1) is 9.95. The van der Waals surface area contributed by atoms with Crippen LogP contribution in [0.1, 0.15) is 5.56 Å². The Morgan fingerprint density at radius 1 is 1.19 bits per heavy atom. The van der Waals surface area contributed by atoms with Crippen molar-refractivity contribution in [1.29, 1.82) is 0 Å². The predicted octanol–water partition coefficient (Wildman–Crippen LogP) is 4.70. The van der Waals surface area contributed by atoms with Crippen LogP contribution in [0.3, 0.4) is 0 Å². The highest BCUT2D eigenvalue weighted by atomic mass is 35.5. The number of hydrogen-bond acceptors (Lipinski definition) is 3. The topological polar surface area (TPSA) is 55.2 Å². The van der Waals surface area contributed by atoms with Gasteiger partial charge in [0.1, 0.15) is 5.82 Å². The maximum atomic E-state index is 13.3. The van der Waals surface area contributed by atoms with Gasteiger partial charge in [0, 0.05) is 28.3 Å². The molecule has 2 rings (SSSR count). The van der Waals surface area contributed by atoms with Gasteiger partial charge in [0.05, 0.1) is 11.0 Å². The fraction of sp³-hybridized carbons (Fsp3) is 0.143. The van der Waals surface area contributed by atoms with Crippen LogP contribution in [0, 0.1) is 15.9 Å². The van der Waals surface area contributed by atoms with Gasteiger partial charge in [0.25, 0.3) is 5.69 Å². The van der Waals surface area contributed by atoms with Crippen LogP contribution in [0.25, 0.3) is 0 Å². The molecule has 0 unspecified atom stereocenters. The summed E-state index contributed by atoms with van der Waals surface area (Å²) in [6.45, 7) is 0.460. The Morgan fingerprint density at radius 3 is 2.62 bits per heavy atom. The van der Waals surface area contributed by atoms with E-state index in [-0.39, 0.29) is 5.69 Å². The molecule has 0 aromatic heterocycles. The molecule has 0 aliphatic heterocycles. The molecule has 2 aromatic rings. The fourth-order valence-corrected chi connectivity index (χ4v) is 2.35. The second-order valence-electron chi connectivity index (χ2n) is 4.37. The smallest absolute Gasteiger partial charge is 0.274 e. The molecule has 2 aromatic carbocycles. The molecule has 7 heteroatoms. The third-order valence-electron chi connectivity index (χ3n) is 2.83. The first kappa shape index (κ1) is 15.5. The van der Waals surface area contributed by atoms with E-state index in [1.165, 1.54) is 12.1 Å². The van der Waals surface area contributed by atoms with E-state index in [0.717, 1.165) is 11.6 Å². The van der Waals surface area contributed by atoms with Gasteiger partial charge in [-0.15, -0.1) is 0 Å². The number of benzene rings is 2. The van der Waals surface area contributed by atoms with Gasteiger partial charge >= 0.3 is 0 Å². The van der Waals surface area contributed by atoms with Crippen LogP contribution in [0.4, 0.5) is 15.8 Å². The number of non-ortho nitro benzene ring substituents is 1. The summed E-state index contributed by atoms with van der Waals surface area (Å²) in [5.74, 6) is -0.656. The fourth-order valence-electron chi connectivity index (χ4n) is 1.85. The second kappa shape index (κ2) is 6.74. The highest BCUT2D eigenvalue weighted by molar-refractivity contribution is 6.35. The number of nitro groups is 1. The molecule has 0 saturated heterocycles. The Bertz CT molecular complexity index is 680. The summed E-state index contributed by atoms with van der Waals surface area (Å²) in [6.07, 6.45) is 0.584. The summed E-state index contributed by atoms with van der Waals surface area (Å²) in [6, 6.07) is 8.55. The number of halogens is 3. The minimum absolute atomic E-state index is 0.290. The van der Waals surface area contributed by atoms with E-state index in [1.807, 2.05) is 0 Å². The number of nitrogens with one attached hydrogen (secondary N) is 1. The van der Waals surface area contributed by atoms with Crippen molar-refractivity contribution >= 4 is 34.6 Å². The third-order valence-corrected chi connectivity index (χ3v) is 3.42. The molecular weight excluding hydrogens is 318 g/mol. The van der Waals surface area contributed by atoms with Gasteiger partial charge in [0.15, 0.2) is 0 Å². The predicted molar refractivity (Wildman–Crippen MR) is 81.7 cm³/mol. The van der Waals surface area contributed by atoms with Crippen molar-refractivity contribution in [3.05, 3.63) is 67.9 Å². The summed E-state index contributed by atoms with van der Waals surface area (Å²) in [5, 5.41) is 14.7. The van der Waals surface area contributed by atoms with Gasteiger partial charge in [-0.2, -0.15) is 0 Å². The molecular formula is C14H11Cl2FN2O2. The normalized spacial score (nSPS) is 10.4. The van der Waals surface area contributed by atoms with Crippen molar-refractivity contribution in [3.8, 4) is 0 Å². The molecule has 0 aliphatic rings. The molecule has 0 radical (unpaired) electrons. The van der Waals surface area contributed by atoms with Crippen LogP contribution in [-0.2, 0) is 6.42 Å². The Labute approximate surface area is 130 Å². The highest BCUT2D eigenvalue weighted by Crippen LogP contribution is 2.22. The van der Waals surface area contributed by atoms with Gasteiger partial charge in [-0.3, -0.25) is 10.1 Å². The van der Waals surface area contributed by atoms with E-state index >= 15 is 0 Å². The SMILES string of the molecule is O=[N+]([O-])c1cc(F)cc(NCCc2ccc(Cl)cc2Cl)c1. The van der Waals surface area contributed by atoms with Crippen LogP contribution in [0.15, 0.2) is 36.4 Å². The lowest BCUT2D eigenvalue weighted by atomic mass is 10.1. The van der Waals surface area contributed by atoms with E-state index < -0.39 is 10.7 Å². The molecule has 0 heterocycles. The Morgan fingerprint density at radius 2 is 1.95 bits per heavy atom. The summed E-state index contributed by atoms with van der Waals surface area (Å²) in [5.41, 5.74) is 0.952. The number of hydrogen-bond donors (Lipinski definition) is 1. The molecule has 0 fully saturated rings. The zero-order valence-electron chi connectivity index (χ0n) is 10.8. The lowest BCUT2D eigenvalue weighted by Crippen LogP contribution is -2.06. The van der Waals surface area contributed by atoms with Crippen LogP contribution in [-0.4, -0.2) is 11.5 Å². The number of anilines is 1. The number of rotatable bonds is 5. The lowest BCUT2D eigenvalue weighted by molar-refractivity contribution is -0.385. The minimum atomic E-state index is -0.656. The first-order valence-electron chi connectivity index (χ1n) is 6.08. The molecule has 0 spiro atoms. The average molecular weight is 329 g/mol. The molecule has 0 bridgehead atoms. The van der Waals surface area contributed by atoms with Gasteiger partial charge in [0.2, 0.25) is 0 Å². The monoisotopic (exact) mass is 328 g/mol. The number of nitrogens with zero attached hydrogens (tertiary/aromatic N) is 1. The van der Waals surface area contributed by atoms with Crippen molar-refractivity contribution < 1.29 is 9.31 Å². The Hall–Kier alpha value is -1.85. The van der Waals surface area contributed by atoms with Crippen LogP contribution >= 0.6 is 23.2 Å². The zero-order valence-corrected chi connectivity index (χ0v) is 12.3. The van der Waals surface area contributed by atoms with E-state index in [9.17, 15) is 14.5 Å². The first-order valence-corrected chi connectivity index (χ1v) is 6.84. The summed E-state index contributed by atoms with van der Waals surface area (Å²) in [7, 11) is 0. The molecule has 110 valence electrons. The summed E-state index contributed by atoms with van der Waals surface area (Å²) < 4.78 is 13.3. The molecule has 0 aliphatic carbocycles. The van der Waals surface area contributed by atoms with Gasteiger partial charge in [-0.1, -0.05) is 29.3 Å². The molecule has 4 nitrogen and oxygen atoms in total. The molecule has 21 heavy (non-hydrogen) atoms. The van der Waals surface area contributed by atoms with Gasteiger partial charge in [-0.05, 0) is 30.2 Å². The van der Waals surface area contributed by atoms with Crippen LogP contribution in [0.2, 0.25) is 10.0 Å². The van der Waals surface area contributed by atoms with Crippen molar-refractivity contribution in [1.82, 2.24) is 0 Å². The van der Waals surface area contributed by atoms with Crippen molar-refractivity contribution in [2.45, 2.75) is 6.42 Å². The largest absolute Gasteiger partial charge is 0.384 e. The quantitative estimate of drug-likeness (QED) is 0.639. The molecule has 1 N–H and O–H groups in total. The number of nitro benzene ring substituents is 1. The van der Waals surface area contributed by atoms with E-state index in [2.05, 4.69) is 5.32 Å². The second-order valence-corrected chi connectivity index (χ2v) is 5.21. The van der Waals surface area contributed by atoms with E-state index in [1.54, 1.807) is 18.2 Å². The standard InChI is InChI=1S/C14H11Cl2FN2O2/c15-10-2-1-9(14(16)5-10)3-4-18-12-6-11(17)7-13(8-12)19(20)21/h1-2,5-8,18H,3-4H2. The maximum absolute atomic E-state index is 13.3. The van der Waals surface area contributed by atoms with Crippen LogP contribution in [0.5, 0.6) is 0 Å².